The molecule has 0 fully saturated rings. The minimum atomic E-state index is -4.35. The number of benzene rings is 3. The summed E-state index contributed by atoms with van der Waals surface area (Å²) in [7, 11) is 0. The van der Waals surface area contributed by atoms with Crippen LogP contribution in [0.15, 0.2) is 72.8 Å². The van der Waals surface area contributed by atoms with E-state index in [2.05, 4.69) is 0 Å². The van der Waals surface area contributed by atoms with E-state index in [1.807, 2.05) is 49.4 Å². The van der Waals surface area contributed by atoms with Gasteiger partial charge in [-0.25, -0.2) is 0 Å². The quantitative estimate of drug-likeness (QED) is 0.468. The molecule has 0 amide bonds. The van der Waals surface area contributed by atoms with Gasteiger partial charge in [0.1, 0.15) is 0 Å². The summed E-state index contributed by atoms with van der Waals surface area (Å²) in [6.07, 6.45) is -2.60. The predicted octanol–water partition coefficient (Wildman–Crippen LogP) is 7.03. The van der Waals surface area contributed by atoms with E-state index in [1.165, 1.54) is 12.1 Å². The van der Waals surface area contributed by atoms with Crippen LogP contribution >= 0.6 is 11.8 Å². The van der Waals surface area contributed by atoms with Crippen LogP contribution in [0.4, 0.5) is 13.2 Å². The molecule has 0 saturated heterocycles. The van der Waals surface area contributed by atoms with E-state index >= 15 is 0 Å². The van der Waals surface area contributed by atoms with Crippen molar-refractivity contribution in [2.75, 3.05) is 6.26 Å². The van der Waals surface area contributed by atoms with Crippen molar-refractivity contribution in [3.63, 3.8) is 0 Å². The van der Waals surface area contributed by atoms with Gasteiger partial charge in [0.2, 0.25) is 5.12 Å². The third-order valence-corrected chi connectivity index (χ3v) is 5.38. The number of alkyl halides is 3. The molecule has 0 spiro atoms. The molecule has 1 atom stereocenters. The van der Waals surface area contributed by atoms with Gasteiger partial charge in [-0.3, -0.25) is 4.79 Å². The number of rotatable bonds is 4. The van der Waals surface area contributed by atoms with E-state index in [1.54, 1.807) is 12.3 Å². The van der Waals surface area contributed by atoms with Crippen LogP contribution < -0.4 is 0 Å². The molecular weight excluding hydrogens is 381 g/mol. The van der Waals surface area contributed by atoms with Gasteiger partial charge in [-0.2, -0.15) is 13.2 Å². The molecule has 3 aromatic carbocycles. The Morgan fingerprint density at radius 1 is 0.857 bits per heavy atom. The molecule has 0 aliphatic carbocycles. The molecule has 1 nitrogen and oxygen atoms in total. The second-order valence-electron chi connectivity index (χ2n) is 6.47. The molecule has 3 aromatic rings. The zero-order chi connectivity index (χ0) is 20.3. The fourth-order valence-electron chi connectivity index (χ4n) is 3.27. The van der Waals surface area contributed by atoms with Crippen LogP contribution in [-0.2, 0) is 6.18 Å². The lowest BCUT2D eigenvalue weighted by Gasteiger charge is -2.19. The number of carbonyl (C=O) groups excluding carboxylic acids is 1. The minimum Gasteiger partial charge on any atom is -0.282 e. The van der Waals surface area contributed by atoms with Gasteiger partial charge in [-0.15, -0.1) is 0 Å². The highest BCUT2D eigenvalue weighted by Crippen LogP contribution is 2.36. The SMILES string of the molecule is CSC(=O)c1ccccc1-c1ccccc1C(C)c1ccc(C(F)(F)F)cc1. The standard InChI is InChI=1S/C23H19F3OS/c1-15(16-11-13-17(14-12-16)23(24,25)26)18-7-3-4-8-19(18)20-9-5-6-10-21(20)22(27)28-2/h3-15H,1-2H3. The zero-order valence-corrected chi connectivity index (χ0v) is 16.3. The maximum absolute atomic E-state index is 12.8. The van der Waals surface area contributed by atoms with Crippen molar-refractivity contribution in [1.29, 1.82) is 0 Å². The number of hydrogen-bond acceptors (Lipinski definition) is 2. The summed E-state index contributed by atoms with van der Waals surface area (Å²) in [4.78, 5) is 12.3. The van der Waals surface area contributed by atoms with E-state index in [9.17, 15) is 18.0 Å². The molecule has 28 heavy (non-hydrogen) atoms. The zero-order valence-electron chi connectivity index (χ0n) is 15.5. The molecule has 0 heterocycles. The first-order valence-electron chi connectivity index (χ1n) is 8.76. The van der Waals surface area contributed by atoms with Crippen molar-refractivity contribution in [3.8, 4) is 11.1 Å². The largest absolute Gasteiger partial charge is 0.416 e. The highest BCUT2D eigenvalue weighted by Gasteiger charge is 2.30. The maximum atomic E-state index is 12.8. The van der Waals surface area contributed by atoms with Crippen LogP contribution in [0.2, 0.25) is 0 Å². The van der Waals surface area contributed by atoms with Crippen molar-refractivity contribution in [1.82, 2.24) is 0 Å². The molecule has 144 valence electrons. The van der Waals surface area contributed by atoms with Crippen LogP contribution in [0.3, 0.4) is 0 Å². The summed E-state index contributed by atoms with van der Waals surface area (Å²) in [5.74, 6) is -0.129. The molecule has 1 unspecified atom stereocenters. The minimum absolute atomic E-state index is 0.0208. The Hall–Kier alpha value is -2.53. The first-order chi connectivity index (χ1) is 13.3. The number of hydrogen-bond donors (Lipinski definition) is 0. The number of carbonyl (C=O) groups is 1. The summed E-state index contributed by atoms with van der Waals surface area (Å²) in [5, 5.41) is -0.0208. The summed E-state index contributed by atoms with van der Waals surface area (Å²) < 4.78 is 38.5. The van der Waals surface area contributed by atoms with Crippen LogP contribution in [0.1, 0.15) is 39.9 Å². The molecule has 0 bridgehead atoms. The van der Waals surface area contributed by atoms with Crippen LogP contribution in [0, 0.1) is 0 Å². The Bertz CT molecular complexity index is 978. The lowest BCUT2D eigenvalue weighted by Crippen LogP contribution is -2.06. The van der Waals surface area contributed by atoms with E-state index in [0.717, 1.165) is 46.1 Å². The molecule has 3 rings (SSSR count). The van der Waals surface area contributed by atoms with Crippen LogP contribution in [0.5, 0.6) is 0 Å². The second kappa shape index (κ2) is 8.23. The monoisotopic (exact) mass is 400 g/mol. The predicted molar refractivity (Wildman–Crippen MR) is 109 cm³/mol. The molecule has 0 radical (unpaired) electrons. The molecule has 0 saturated carbocycles. The first kappa shape index (κ1) is 20.2. The van der Waals surface area contributed by atoms with Crippen LogP contribution in [-0.4, -0.2) is 11.4 Å². The lowest BCUT2D eigenvalue weighted by molar-refractivity contribution is -0.137. The third kappa shape index (κ3) is 4.14. The van der Waals surface area contributed by atoms with Crippen molar-refractivity contribution < 1.29 is 18.0 Å². The average molecular weight is 400 g/mol. The smallest absolute Gasteiger partial charge is 0.282 e. The number of thioether (sulfide) groups is 1. The van der Waals surface area contributed by atoms with E-state index in [0.29, 0.717) is 5.56 Å². The summed E-state index contributed by atoms with van der Waals surface area (Å²) >= 11 is 1.16. The van der Waals surface area contributed by atoms with Crippen molar-refractivity contribution in [2.24, 2.45) is 0 Å². The highest BCUT2D eigenvalue weighted by molar-refractivity contribution is 8.13. The first-order valence-corrected chi connectivity index (χ1v) is 9.99. The number of halogens is 3. The normalized spacial score (nSPS) is 12.6. The lowest BCUT2D eigenvalue weighted by atomic mass is 9.86. The van der Waals surface area contributed by atoms with E-state index < -0.39 is 11.7 Å². The Kier molecular flexibility index (Phi) is 5.94. The molecule has 0 aliphatic heterocycles. The van der Waals surface area contributed by atoms with Crippen molar-refractivity contribution in [3.05, 3.63) is 95.1 Å². The molecule has 0 aliphatic rings. The van der Waals surface area contributed by atoms with E-state index in [4.69, 9.17) is 0 Å². The van der Waals surface area contributed by atoms with Gasteiger partial charge in [0.05, 0.1) is 5.56 Å². The van der Waals surface area contributed by atoms with Gasteiger partial charge in [0.25, 0.3) is 0 Å². The van der Waals surface area contributed by atoms with Gasteiger partial charge in [0.15, 0.2) is 0 Å². The fourth-order valence-corrected chi connectivity index (χ4v) is 3.66. The van der Waals surface area contributed by atoms with Gasteiger partial charge >= 0.3 is 6.18 Å². The van der Waals surface area contributed by atoms with Gasteiger partial charge in [-0.05, 0) is 46.7 Å². The molecular formula is C23H19F3OS. The van der Waals surface area contributed by atoms with Crippen molar-refractivity contribution >= 4 is 16.9 Å². The van der Waals surface area contributed by atoms with Crippen molar-refractivity contribution in [2.45, 2.75) is 19.0 Å². The highest BCUT2D eigenvalue weighted by atomic mass is 32.2. The van der Waals surface area contributed by atoms with E-state index in [-0.39, 0.29) is 11.0 Å². The third-order valence-electron chi connectivity index (χ3n) is 4.79. The molecule has 0 N–H and O–H groups in total. The Morgan fingerprint density at radius 2 is 1.43 bits per heavy atom. The second-order valence-corrected chi connectivity index (χ2v) is 7.24. The summed E-state index contributed by atoms with van der Waals surface area (Å²) in [6, 6.07) is 20.4. The Balaban J connectivity index is 2.05. The fraction of sp³-hybridized carbons (Fsp3) is 0.174. The topological polar surface area (TPSA) is 17.1 Å². The average Bonchev–Trinajstić information content (AvgIpc) is 2.72. The molecule has 5 heteroatoms. The molecule has 0 aromatic heterocycles. The summed E-state index contributed by atoms with van der Waals surface area (Å²) in [6.45, 7) is 1.96. The Morgan fingerprint density at radius 3 is 2.04 bits per heavy atom. The van der Waals surface area contributed by atoms with Gasteiger partial charge in [-0.1, -0.05) is 73.3 Å². The maximum Gasteiger partial charge on any atom is 0.416 e. The van der Waals surface area contributed by atoms with Crippen LogP contribution in [0.25, 0.3) is 11.1 Å². The Labute approximate surface area is 166 Å². The van der Waals surface area contributed by atoms with Gasteiger partial charge < -0.3 is 0 Å². The van der Waals surface area contributed by atoms with Gasteiger partial charge in [0, 0.05) is 11.5 Å². The summed E-state index contributed by atoms with van der Waals surface area (Å²) in [5.41, 5.74) is 3.46.